The van der Waals surface area contributed by atoms with Crippen LogP contribution in [0.25, 0.3) is 0 Å². The molecule has 0 heterocycles. The molecule has 0 radical (unpaired) electrons. The van der Waals surface area contributed by atoms with Gasteiger partial charge in [0.25, 0.3) is 0 Å². The lowest BCUT2D eigenvalue weighted by atomic mass is 9.44. The Bertz CT molecular complexity index is 1050. The van der Waals surface area contributed by atoms with E-state index < -0.39 is 0 Å². The molecule has 6 nitrogen and oxygen atoms in total. The van der Waals surface area contributed by atoms with E-state index in [-0.39, 0.29) is 53.3 Å². The number of nitrogens with one attached hydrogen (secondary N) is 1. The molecule has 0 bridgehead atoms. The summed E-state index contributed by atoms with van der Waals surface area (Å²) >= 11 is 0. The third-order valence-electron chi connectivity index (χ3n) is 12.1. The Kier molecular flexibility index (Phi) is 8.04. The summed E-state index contributed by atoms with van der Waals surface area (Å²) in [5.41, 5.74) is 0.975. The predicted octanol–water partition coefficient (Wildman–Crippen LogP) is 4.95. The molecule has 4 fully saturated rings. The maximum absolute atomic E-state index is 12.8. The van der Waals surface area contributed by atoms with Crippen molar-refractivity contribution in [1.82, 2.24) is 10.2 Å². The van der Waals surface area contributed by atoms with Gasteiger partial charge in [0, 0.05) is 36.4 Å². The fourth-order valence-corrected chi connectivity index (χ4v) is 10.1. The van der Waals surface area contributed by atoms with E-state index in [4.69, 9.17) is 4.74 Å². The summed E-state index contributed by atoms with van der Waals surface area (Å²) in [5.74, 6) is 2.17. The first-order valence-electron chi connectivity index (χ1n) is 15.3. The van der Waals surface area contributed by atoms with Gasteiger partial charge in [-0.2, -0.15) is 0 Å². The molecule has 0 amide bonds. The first-order chi connectivity index (χ1) is 18.5. The molecule has 1 aromatic carbocycles. The Hall–Kier alpha value is -1.76. The maximum atomic E-state index is 12.8. The van der Waals surface area contributed by atoms with Crippen molar-refractivity contribution >= 4 is 11.8 Å². The number of carbonyl (C=O) groups excluding carboxylic acids is 2. The number of esters is 1. The van der Waals surface area contributed by atoms with E-state index in [0.29, 0.717) is 35.3 Å². The number of hydrogen-bond acceptors (Lipinski definition) is 6. The van der Waals surface area contributed by atoms with Gasteiger partial charge in [-0.1, -0.05) is 44.2 Å². The molecular formula is C33H50N2O4. The van der Waals surface area contributed by atoms with Crippen LogP contribution in [-0.4, -0.2) is 66.7 Å². The van der Waals surface area contributed by atoms with Gasteiger partial charge in [-0.15, -0.1) is 0 Å². The van der Waals surface area contributed by atoms with Crippen molar-refractivity contribution in [2.75, 3.05) is 20.6 Å². The molecule has 0 aliphatic heterocycles. The third-order valence-corrected chi connectivity index (χ3v) is 12.1. The Morgan fingerprint density at radius 1 is 1.03 bits per heavy atom. The van der Waals surface area contributed by atoms with Crippen molar-refractivity contribution in [3.63, 3.8) is 0 Å². The molecule has 4 aliphatic rings. The Morgan fingerprint density at radius 3 is 2.38 bits per heavy atom. The summed E-state index contributed by atoms with van der Waals surface area (Å²) in [6.07, 6.45) is 6.97. The highest BCUT2D eigenvalue weighted by Crippen LogP contribution is 2.68. The smallest absolute Gasteiger partial charge is 0.302 e. The molecule has 0 aromatic heterocycles. The molecule has 1 aromatic rings. The molecule has 5 unspecified atom stereocenters. The van der Waals surface area contributed by atoms with Crippen LogP contribution in [-0.2, 0) is 9.53 Å². The van der Waals surface area contributed by atoms with Crippen molar-refractivity contribution in [1.29, 1.82) is 0 Å². The topological polar surface area (TPSA) is 78.9 Å². The quantitative estimate of drug-likeness (QED) is 0.378. The molecule has 5 rings (SSSR count). The fraction of sp³-hybridized carbons (Fsp3) is 0.758. The highest BCUT2D eigenvalue weighted by atomic mass is 16.5. The normalized spacial score (nSPS) is 42.3. The van der Waals surface area contributed by atoms with Crippen molar-refractivity contribution in [3.8, 4) is 0 Å². The molecule has 4 saturated carbocycles. The monoisotopic (exact) mass is 538 g/mol. The molecule has 0 saturated heterocycles. The number of Topliss-reactive ketones (excluding diaryl/α,β-unsaturated/α-hetero) is 1. The van der Waals surface area contributed by atoms with Crippen LogP contribution in [0.5, 0.6) is 0 Å². The van der Waals surface area contributed by atoms with Crippen LogP contribution in [0.15, 0.2) is 30.3 Å². The Labute approximate surface area is 235 Å². The molecule has 6 heteroatoms. The number of hydrogen-bond donors (Lipinski definition) is 2. The van der Waals surface area contributed by atoms with Crippen LogP contribution >= 0.6 is 0 Å². The second kappa shape index (κ2) is 10.9. The lowest BCUT2D eigenvalue weighted by molar-refractivity contribution is -0.180. The number of aliphatic hydroxyl groups excluding tert-OH is 1. The van der Waals surface area contributed by atoms with E-state index in [2.05, 4.69) is 45.1 Å². The zero-order chi connectivity index (χ0) is 28.1. The van der Waals surface area contributed by atoms with Crippen LogP contribution in [0.1, 0.15) is 83.0 Å². The Balaban J connectivity index is 1.34. The summed E-state index contributed by atoms with van der Waals surface area (Å²) in [5, 5.41) is 14.8. The summed E-state index contributed by atoms with van der Waals surface area (Å²) in [7, 11) is 4.28. The van der Waals surface area contributed by atoms with E-state index in [1.54, 1.807) is 0 Å². The third kappa shape index (κ3) is 4.99. The fourth-order valence-electron chi connectivity index (χ4n) is 10.1. The number of benzene rings is 1. The Morgan fingerprint density at radius 2 is 1.72 bits per heavy atom. The van der Waals surface area contributed by atoms with E-state index in [1.807, 2.05) is 30.3 Å². The summed E-state index contributed by atoms with van der Waals surface area (Å²) in [6.45, 7) is 8.99. The van der Waals surface area contributed by atoms with Gasteiger partial charge in [0.05, 0.1) is 12.6 Å². The van der Waals surface area contributed by atoms with Crippen molar-refractivity contribution < 1.29 is 19.4 Å². The number of fused-ring (bicyclic) bond motifs is 5. The van der Waals surface area contributed by atoms with E-state index >= 15 is 0 Å². The molecule has 0 spiro atoms. The molecule has 39 heavy (non-hydrogen) atoms. The van der Waals surface area contributed by atoms with Crippen LogP contribution in [0.3, 0.4) is 0 Å². The van der Waals surface area contributed by atoms with Crippen molar-refractivity contribution in [2.45, 2.75) is 96.9 Å². The van der Waals surface area contributed by atoms with E-state index in [1.165, 1.54) is 13.3 Å². The molecular weight excluding hydrogens is 488 g/mol. The largest absolute Gasteiger partial charge is 0.461 e. The molecule has 4 aliphatic carbocycles. The van der Waals surface area contributed by atoms with Gasteiger partial charge >= 0.3 is 5.97 Å². The molecule has 11 atom stereocenters. The molecule has 2 N–H and O–H groups in total. The number of ketones is 1. The standard InChI is InChI=1S/C33H50N2O4/c1-20(35(5)6)30-28(37)18-26-23-12-13-25-31(39-21(2)36)27(34-19-29(38)22-10-8-7-9-11-22)15-17-32(25,3)24(23)14-16-33(26,30)4/h7-11,20,23-28,30-31,34,37H,12-19H2,1-6H3/t20-,23+,24?,25?,26?,27?,28?,30-,31+,32+,33-/m0/s1. The summed E-state index contributed by atoms with van der Waals surface area (Å²) in [4.78, 5) is 27.4. The number of carbonyl (C=O) groups is 2. The van der Waals surface area contributed by atoms with Gasteiger partial charge in [0.15, 0.2) is 5.78 Å². The van der Waals surface area contributed by atoms with Gasteiger partial charge in [-0.25, -0.2) is 0 Å². The van der Waals surface area contributed by atoms with Crippen molar-refractivity contribution in [2.24, 2.45) is 40.4 Å². The van der Waals surface area contributed by atoms with Gasteiger partial charge in [-0.05, 0) is 94.5 Å². The average Bonchev–Trinajstić information content (AvgIpc) is 3.17. The van der Waals surface area contributed by atoms with Gasteiger partial charge in [0.2, 0.25) is 0 Å². The highest BCUT2D eigenvalue weighted by molar-refractivity contribution is 5.97. The molecule has 216 valence electrons. The van der Waals surface area contributed by atoms with Gasteiger partial charge in [-0.3, -0.25) is 9.59 Å². The number of rotatable bonds is 7. The second-order valence-electron chi connectivity index (χ2n) is 14.0. The zero-order valence-electron chi connectivity index (χ0n) is 24.9. The zero-order valence-corrected chi connectivity index (χ0v) is 24.9. The van der Waals surface area contributed by atoms with Gasteiger partial charge in [0.1, 0.15) is 6.10 Å². The SMILES string of the molecule is CC(=O)O[C@H]1C(NCC(=O)c2ccccc2)CC[C@]2(C)C3CC[C@@]4(C)C(CC(O)[C@@H]4[C@H](C)N(C)C)[C@@H]3CCC12. The van der Waals surface area contributed by atoms with Gasteiger partial charge < -0.3 is 20.1 Å². The minimum Gasteiger partial charge on any atom is -0.461 e. The van der Waals surface area contributed by atoms with Crippen LogP contribution in [0.2, 0.25) is 0 Å². The number of aliphatic hydroxyl groups is 1. The second-order valence-corrected chi connectivity index (χ2v) is 14.0. The summed E-state index contributed by atoms with van der Waals surface area (Å²) in [6, 6.07) is 9.75. The number of ether oxygens (including phenoxy) is 1. The van der Waals surface area contributed by atoms with Crippen LogP contribution < -0.4 is 5.32 Å². The predicted molar refractivity (Wildman–Crippen MR) is 153 cm³/mol. The minimum atomic E-state index is -0.238. The van der Waals surface area contributed by atoms with E-state index in [0.717, 1.165) is 38.5 Å². The lowest BCUT2D eigenvalue weighted by Gasteiger charge is -2.62. The van der Waals surface area contributed by atoms with Crippen LogP contribution in [0, 0.1) is 40.4 Å². The highest BCUT2D eigenvalue weighted by Gasteiger charge is 2.64. The first kappa shape index (κ1) is 28.8. The lowest BCUT2D eigenvalue weighted by Crippen LogP contribution is -2.62. The number of nitrogens with zero attached hydrogens (tertiary/aromatic N) is 1. The minimum absolute atomic E-state index is 0.0105. The first-order valence-corrected chi connectivity index (χ1v) is 15.3. The van der Waals surface area contributed by atoms with Crippen molar-refractivity contribution in [3.05, 3.63) is 35.9 Å². The summed E-state index contributed by atoms with van der Waals surface area (Å²) < 4.78 is 6.10. The van der Waals surface area contributed by atoms with E-state index in [9.17, 15) is 14.7 Å². The maximum Gasteiger partial charge on any atom is 0.302 e. The van der Waals surface area contributed by atoms with Crippen LogP contribution in [0.4, 0.5) is 0 Å². The average molecular weight is 539 g/mol.